The van der Waals surface area contributed by atoms with Crippen molar-refractivity contribution < 1.29 is 4.74 Å². The van der Waals surface area contributed by atoms with Gasteiger partial charge in [-0.05, 0) is 35.9 Å². The third kappa shape index (κ3) is 2.39. The number of rotatable bonds is 3. The van der Waals surface area contributed by atoms with Crippen LogP contribution in [0.15, 0.2) is 42.6 Å². The van der Waals surface area contributed by atoms with E-state index in [4.69, 9.17) is 15.7 Å². The van der Waals surface area contributed by atoms with Crippen molar-refractivity contribution in [2.24, 2.45) is 0 Å². The zero-order valence-corrected chi connectivity index (χ0v) is 11.6. The Morgan fingerprint density at radius 2 is 2.14 bits per heavy atom. The zero-order valence-electron chi connectivity index (χ0n) is 11.6. The number of hydrogen-bond acceptors (Lipinski definition) is 4. The van der Waals surface area contributed by atoms with Gasteiger partial charge in [0, 0.05) is 11.1 Å². The lowest BCUT2D eigenvalue weighted by Crippen LogP contribution is -2.02. The maximum absolute atomic E-state index is 9.01. The highest BCUT2D eigenvalue weighted by Crippen LogP contribution is 2.22. The van der Waals surface area contributed by atoms with Crippen LogP contribution in [0, 0.1) is 11.3 Å². The van der Waals surface area contributed by atoms with E-state index in [1.807, 2.05) is 41.2 Å². The molecule has 5 heteroatoms. The van der Waals surface area contributed by atoms with Crippen molar-refractivity contribution in [1.29, 1.82) is 5.26 Å². The van der Waals surface area contributed by atoms with E-state index in [1.54, 1.807) is 13.2 Å². The van der Waals surface area contributed by atoms with E-state index in [2.05, 4.69) is 11.2 Å². The van der Waals surface area contributed by atoms with Crippen LogP contribution >= 0.6 is 0 Å². The normalized spacial score (nSPS) is 10.5. The number of ether oxygens (including phenoxy) is 1. The zero-order chi connectivity index (χ0) is 14.8. The molecule has 21 heavy (non-hydrogen) atoms. The molecular formula is C16H14N4O. The minimum atomic E-state index is 0.524. The van der Waals surface area contributed by atoms with Crippen LogP contribution in [0.3, 0.4) is 0 Å². The molecule has 0 atom stereocenters. The molecule has 0 fully saturated rings. The summed E-state index contributed by atoms with van der Waals surface area (Å²) in [6, 6.07) is 13.3. The van der Waals surface area contributed by atoms with Gasteiger partial charge in [0.1, 0.15) is 11.8 Å². The van der Waals surface area contributed by atoms with Gasteiger partial charge in [0.2, 0.25) is 0 Å². The summed E-state index contributed by atoms with van der Waals surface area (Å²) in [6.45, 7) is 0.592. The summed E-state index contributed by atoms with van der Waals surface area (Å²) in [5.41, 5.74) is 9.06. The monoisotopic (exact) mass is 278 g/mol. The van der Waals surface area contributed by atoms with Crippen LogP contribution in [0.1, 0.15) is 11.1 Å². The highest BCUT2D eigenvalue weighted by molar-refractivity contribution is 5.81. The summed E-state index contributed by atoms with van der Waals surface area (Å²) in [7, 11) is 1.56. The molecule has 0 unspecified atom stereocenters. The first kappa shape index (κ1) is 13.0. The van der Waals surface area contributed by atoms with Gasteiger partial charge in [0.25, 0.3) is 0 Å². The van der Waals surface area contributed by atoms with Gasteiger partial charge in [-0.15, -0.1) is 0 Å². The van der Waals surface area contributed by atoms with Crippen molar-refractivity contribution in [2.45, 2.75) is 6.54 Å². The van der Waals surface area contributed by atoms with Crippen LogP contribution in [0.4, 0.5) is 5.69 Å². The average molecular weight is 278 g/mol. The molecule has 0 aliphatic rings. The lowest BCUT2D eigenvalue weighted by Gasteiger charge is -2.08. The smallest absolute Gasteiger partial charge is 0.136 e. The first-order chi connectivity index (χ1) is 10.2. The Labute approximate surface area is 122 Å². The number of nitriles is 1. The number of nitrogen functional groups attached to an aromatic ring is 1. The molecule has 0 aliphatic carbocycles. The lowest BCUT2D eigenvalue weighted by molar-refractivity contribution is 0.412. The molecule has 2 N–H and O–H groups in total. The third-order valence-corrected chi connectivity index (χ3v) is 3.39. The fourth-order valence-corrected chi connectivity index (χ4v) is 2.31. The maximum atomic E-state index is 9.01. The Kier molecular flexibility index (Phi) is 3.20. The molecule has 0 bridgehead atoms. The number of fused-ring (bicyclic) bond motifs is 1. The fourth-order valence-electron chi connectivity index (χ4n) is 2.31. The third-order valence-electron chi connectivity index (χ3n) is 3.39. The van der Waals surface area contributed by atoms with Crippen molar-refractivity contribution >= 4 is 16.6 Å². The molecule has 3 rings (SSSR count). The van der Waals surface area contributed by atoms with E-state index in [1.165, 1.54) is 0 Å². The van der Waals surface area contributed by atoms with Gasteiger partial charge in [-0.3, -0.25) is 4.68 Å². The molecule has 0 amide bonds. The van der Waals surface area contributed by atoms with Gasteiger partial charge in [0.05, 0.1) is 30.9 Å². The van der Waals surface area contributed by atoms with Gasteiger partial charge in [-0.25, -0.2) is 0 Å². The summed E-state index contributed by atoms with van der Waals surface area (Å²) in [4.78, 5) is 0. The predicted octanol–water partition coefficient (Wildman–Crippen LogP) is 2.55. The number of nitrogens with zero attached hydrogens (tertiary/aromatic N) is 3. The van der Waals surface area contributed by atoms with E-state index in [-0.39, 0.29) is 0 Å². The predicted molar refractivity (Wildman–Crippen MR) is 81.0 cm³/mol. The number of nitrogens with two attached hydrogens (primary N) is 1. The Morgan fingerprint density at radius 1 is 1.29 bits per heavy atom. The van der Waals surface area contributed by atoms with Crippen molar-refractivity contribution in [1.82, 2.24) is 9.78 Å². The highest BCUT2D eigenvalue weighted by atomic mass is 16.5. The van der Waals surface area contributed by atoms with E-state index >= 15 is 0 Å². The minimum absolute atomic E-state index is 0.524. The molecule has 2 aromatic carbocycles. The molecule has 104 valence electrons. The summed E-state index contributed by atoms with van der Waals surface area (Å²) in [5, 5.41) is 14.4. The van der Waals surface area contributed by atoms with Crippen LogP contribution in [0.5, 0.6) is 5.75 Å². The Bertz CT molecular complexity index is 845. The van der Waals surface area contributed by atoms with Crippen molar-refractivity contribution in [3.8, 4) is 11.8 Å². The summed E-state index contributed by atoms with van der Waals surface area (Å²) >= 11 is 0. The van der Waals surface area contributed by atoms with Gasteiger partial charge in [0.15, 0.2) is 0 Å². The Hall–Kier alpha value is -3.00. The van der Waals surface area contributed by atoms with Crippen molar-refractivity contribution in [3.05, 3.63) is 53.7 Å². The van der Waals surface area contributed by atoms with E-state index in [9.17, 15) is 0 Å². The van der Waals surface area contributed by atoms with Crippen molar-refractivity contribution in [3.63, 3.8) is 0 Å². The molecule has 1 aromatic heterocycles. The number of hydrogen-bond donors (Lipinski definition) is 1. The SMILES string of the molecule is COc1cc(Cn2ncc3ccc(N)cc32)ccc1C#N. The highest BCUT2D eigenvalue weighted by Gasteiger charge is 2.07. The van der Waals surface area contributed by atoms with Crippen LogP contribution in [0.25, 0.3) is 10.9 Å². The average Bonchev–Trinajstić information content (AvgIpc) is 2.89. The molecule has 1 heterocycles. The quantitative estimate of drug-likeness (QED) is 0.747. The van der Waals surface area contributed by atoms with Gasteiger partial charge in [-0.2, -0.15) is 10.4 Å². The van der Waals surface area contributed by atoms with Gasteiger partial charge < -0.3 is 10.5 Å². The van der Waals surface area contributed by atoms with Gasteiger partial charge >= 0.3 is 0 Å². The molecule has 0 spiro atoms. The number of aromatic nitrogens is 2. The molecule has 0 aliphatic heterocycles. The molecule has 0 radical (unpaired) electrons. The second kappa shape index (κ2) is 5.17. The summed E-state index contributed by atoms with van der Waals surface area (Å²) in [6.07, 6.45) is 1.82. The second-order valence-corrected chi connectivity index (χ2v) is 4.77. The summed E-state index contributed by atoms with van der Waals surface area (Å²) in [5.74, 6) is 0.575. The second-order valence-electron chi connectivity index (χ2n) is 4.77. The standard InChI is InChI=1S/C16H14N4O/c1-21-16-6-11(2-3-12(16)8-17)10-20-15-7-14(18)5-4-13(15)9-19-20/h2-7,9H,10,18H2,1H3. The maximum Gasteiger partial charge on any atom is 0.136 e. The summed E-state index contributed by atoms with van der Waals surface area (Å²) < 4.78 is 7.11. The molecule has 3 aromatic rings. The Balaban J connectivity index is 1.99. The first-order valence-electron chi connectivity index (χ1n) is 6.49. The molecule has 0 saturated heterocycles. The number of benzene rings is 2. The van der Waals surface area contributed by atoms with E-state index < -0.39 is 0 Å². The topological polar surface area (TPSA) is 76.9 Å². The molecule has 5 nitrogen and oxygen atoms in total. The largest absolute Gasteiger partial charge is 0.495 e. The van der Waals surface area contributed by atoms with E-state index in [0.29, 0.717) is 23.5 Å². The Morgan fingerprint density at radius 3 is 2.90 bits per heavy atom. The number of methoxy groups -OCH3 is 1. The van der Waals surface area contributed by atoms with Gasteiger partial charge in [-0.1, -0.05) is 6.07 Å². The number of anilines is 1. The van der Waals surface area contributed by atoms with Crippen molar-refractivity contribution in [2.75, 3.05) is 12.8 Å². The van der Waals surface area contributed by atoms with Crippen LogP contribution < -0.4 is 10.5 Å². The first-order valence-corrected chi connectivity index (χ1v) is 6.49. The fraction of sp³-hybridized carbons (Fsp3) is 0.125. The molecular weight excluding hydrogens is 264 g/mol. The van der Waals surface area contributed by atoms with E-state index in [0.717, 1.165) is 16.5 Å². The minimum Gasteiger partial charge on any atom is -0.495 e. The van der Waals surface area contributed by atoms with Crippen LogP contribution in [0.2, 0.25) is 0 Å². The molecule has 0 saturated carbocycles. The van der Waals surface area contributed by atoms with Crippen LogP contribution in [-0.4, -0.2) is 16.9 Å². The van der Waals surface area contributed by atoms with Crippen LogP contribution in [-0.2, 0) is 6.54 Å². The lowest BCUT2D eigenvalue weighted by atomic mass is 10.1.